The molecule has 2 aromatic rings. The van der Waals surface area contributed by atoms with Crippen molar-refractivity contribution in [3.63, 3.8) is 0 Å². The highest BCUT2D eigenvalue weighted by atomic mass is 16.3. The number of hydrogen-bond acceptors (Lipinski definition) is 3. The zero-order valence-corrected chi connectivity index (χ0v) is 7.47. The van der Waals surface area contributed by atoms with E-state index in [1.54, 1.807) is 24.9 Å². The third-order valence-electron chi connectivity index (χ3n) is 2.01. The molecule has 14 heavy (non-hydrogen) atoms. The molecule has 0 aliphatic heterocycles. The Morgan fingerprint density at radius 1 is 1.43 bits per heavy atom. The predicted molar refractivity (Wildman–Crippen MR) is 51.3 cm³/mol. The Bertz CT molecular complexity index is 454. The van der Waals surface area contributed by atoms with E-state index in [0.29, 0.717) is 6.42 Å². The number of hydrogen-bond donors (Lipinski definition) is 0. The van der Waals surface area contributed by atoms with Crippen LogP contribution in [0.2, 0.25) is 0 Å². The summed E-state index contributed by atoms with van der Waals surface area (Å²) in [5, 5.41) is 8.64. The summed E-state index contributed by atoms with van der Waals surface area (Å²) < 4.78 is 5.00. The molecule has 0 bridgehead atoms. The monoisotopic (exact) mass is 184 g/mol. The van der Waals surface area contributed by atoms with Gasteiger partial charge in [0.25, 0.3) is 0 Å². The van der Waals surface area contributed by atoms with Crippen molar-refractivity contribution in [2.75, 3.05) is 0 Å². The molecule has 2 rings (SSSR count). The smallest absolute Gasteiger partial charge is 0.0981 e. The van der Waals surface area contributed by atoms with Crippen LogP contribution in [-0.2, 0) is 6.42 Å². The largest absolute Gasteiger partial charge is 0.472 e. The van der Waals surface area contributed by atoms with Crippen molar-refractivity contribution in [1.29, 1.82) is 5.26 Å². The fourth-order valence-electron chi connectivity index (χ4n) is 1.35. The second-order valence-electron chi connectivity index (χ2n) is 2.88. The third kappa shape index (κ3) is 1.50. The van der Waals surface area contributed by atoms with Crippen LogP contribution < -0.4 is 0 Å². The molecule has 0 aliphatic rings. The van der Waals surface area contributed by atoms with Crippen LogP contribution in [0.25, 0.3) is 11.1 Å². The first-order chi connectivity index (χ1) is 6.92. The van der Waals surface area contributed by atoms with Gasteiger partial charge in [-0.1, -0.05) is 0 Å². The van der Waals surface area contributed by atoms with E-state index in [-0.39, 0.29) is 0 Å². The van der Waals surface area contributed by atoms with Crippen LogP contribution in [0.4, 0.5) is 0 Å². The number of nitriles is 1. The molecule has 2 heterocycles. The molecule has 0 spiro atoms. The quantitative estimate of drug-likeness (QED) is 0.720. The fourth-order valence-corrected chi connectivity index (χ4v) is 1.35. The van der Waals surface area contributed by atoms with Gasteiger partial charge in [-0.2, -0.15) is 5.26 Å². The maximum absolute atomic E-state index is 8.64. The molecule has 2 aromatic heterocycles. The van der Waals surface area contributed by atoms with Crippen LogP contribution in [0.1, 0.15) is 5.56 Å². The molecule has 0 unspecified atom stereocenters. The summed E-state index contributed by atoms with van der Waals surface area (Å²) >= 11 is 0. The molecule has 3 nitrogen and oxygen atoms in total. The molecule has 0 N–H and O–H groups in total. The second kappa shape index (κ2) is 3.75. The Hall–Kier alpha value is -2.08. The van der Waals surface area contributed by atoms with Crippen molar-refractivity contribution in [2.45, 2.75) is 6.42 Å². The standard InChI is InChI=1S/C11H8N2O/c12-4-1-9-7-13-5-2-11(9)10-3-6-14-8-10/h2-3,5-8H,1H2. The molecule has 0 fully saturated rings. The maximum atomic E-state index is 8.64. The first-order valence-corrected chi connectivity index (χ1v) is 4.24. The number of rotatable bonds is 2. The van der Waals surface area contributed by atoms with Gasteiger partial charge in [-0.3, -0.25) is 4.98 Å². The molecule has 68 valence electrons. The Labute approximate surface area is 81.6 Å². The lowest BCUT2D eigenvalue weighted by molar-refractivity contribution is 0.568. The molecule has 0 aliphatic carbocycles. The van der Waals surface area contributed by atoms with Gasteiger partial charge in [0, 0.05) is 18.0 Å². The van der Waals surface area contributed by atoms with Gasteiger partial charge in [-0.15, -0.1) is 0 Å². The summed E-state index contributed by atoms with van der Waals surface area (Å²) in [6.45, 7) is 0. The van der Waals surface area contributed by atoms with Crippen molar-refractivity contribution in [2.24, 2.45) is 0 Å². The van der Waals surface area contributed by atoms with Crippen LogP contribution >= 0.6 is 0 Å². The van der Waals surface area contributed by atoms with Crippen molar-refractivity contribution < 1.29 is 4.42 Å². The van der Waals surface area contributed by atoms with Crippen molar-refractivity contribution in [3.8, 4) is 17.2 Å². The van der Waals surface area contributed by atoms with Crippen molar-refractivity contribution >= 4 is 0 Å². The lowest BCUT2D eigenvalue weighted by atomic mass is 10.0. The number of pyridine rings is 1. The number of furan rings is 1. The normalized spacial score (nSPS) is 9.64. The minimum atomic E-state index is 0.369. The first kappa shape index (κ1) is 8.52. The molecule has 0 aromatic carbocycles. The number of aromatic nitrogens is 1. The zero-order chi connectivity index (χ0) is 9.80. The van der Waals surface area contributed by atoms with E-state index in [4.69, 9.17) is 9.68 Å². The zero-order valence-electron chi connectivity index (χ0n) is 7.47. The molecule has 3 heteroatoms. The highest BCUT2D eigenvalue weighted by Gasteiger charge is 2.04. The average molecular weight is 184 g/mol. The van der Waals surface area contributed by atoms with Crippen LogP contribution in [0.15, 0.2) is 41.5 Å². The Kier molecular flexibility index (Phi) is 2.28. The minimum absolute atomic E-state index is 0.369. The molecule has 0 amide bonds. The van der Waals surface area contributed by atoms with Crippen molar-refractivity contribution in [1.82, 2.24) is 4.98 Å². The molecule has 0 saturated carbocycles. The Morgan fingerprint density at radius 2 is 2.36 bits per heavy atom. The average Bonchev–Trinajstić information content (AvgIpc) is 2.72. The van der Waals surface area contributed by atoms with Crippen LogP contribution in [-0.4, -0.2) is 4.98 Å². The minimum Gasteiger partial charge on any atom is -0.472 e. The summed E-state index contributed by atoms with van der Waals surface area (Å²) in [6.07, 6.45) is 7.07. The van der Waals surface area contributed by atoms with Gasteiger partial charge in [-0.05, 0) is 23.3 Å². The third-order valence-corrected chi connectivity index (χ3v) is 2.01. The molecular formula is C11H8N2O. The van der Waals surface area contributed by atoms with Gasteiger partial charge in [0.15, 0.2) is 0 Å². The summed E-state index contributed by atoms with van der Waals surface area (Å²) in [6, 6.07) is 5.87. The fraction of sp³-hybridized carbons (Fsp3) is 0.0909. The van der Waals surface area contributed by atoms with E-state index in [0.717, 1.165) is 16.7 Å². The van der Waals surface area contributed by atoms with E-state index < -0.39 is 0 Å². The molecule has 0 atom stereocenters. The van der Waals surface area contributed by atoms with Gasteiger partial charge < -0.3 is 4.42 Å². The topological polar surface area (TPSA) is 49.8 Å². The van der Waals surface area contributed by atoms with E-state index in [1.807, 2.05) is 12.1 Å². The highest BCUT2D eigenvalue weighted by Crippen LogP contribution is 2.23. The van der Waals surface area contributed by atoms with Crippen LogP contribution in [0, 0.1) is 11.3 Å². The maximum Gasteiger partial charge on any atom is 0.0981 e. The molecule has 0 radical (unpaired) electrons. The van der Waals surface area contributed by atoms with Gasteiger partial charge in [0.05, 0.1) is 25.0 Å². The van der Waals surface area contributed by atoms with E-state index in [2.05, 4.69) is 11.1 Å². The van der Waals surface area contributed by atoms with Crippen LogP contribution in [0.5, 0.6) is 0 Å². The predicted octanol–water partition coefficient (Wildman–Crippen LogP) is 2.41. The Morgan fingerprint density at radius 3 is 3.07 bits per heavy atom. The summed E-state index contributed by atoms with van der Waals surface area (Å²) in [5.41, 5.74) is 2.92. The van der Waals surface area contributed by atoms with E-state index in [9.17, 15) is 0 Å². The van der Waals surface area contributed by atoms with Crippen molar-refractivity contribution in [3.05, 3.63) is 42.6 Å². The summed E-state index contributed by atoms with van der Waals surface area (Å²) in [7, 11) is 0. The lowest BCUT2D eigenvalue weighted by Crippen LogP contribution is -1.88. The van der Waals surface area contributed by atoms with Gasteiger partial charge in [0.2, 0.25) is 0 Å². The Balaban J connectivity index is 2.48. The van der Waals surface area contributed by atoms with Gasteiger partial charge in [-0.25, -0.2) is 0 Å². The van der Waals surface area contributed by atoms with E-state index >= 15 is 0 Å². The summed E-state index contributed by atoms with van der Waals surface area (Å²) in [4.78, 5) is 3.99. The number of nitrogens with zero attached hydrogens (tertiary/aromatic N) is 2. The van der Waals surface area contributed by atoms with Gasteiger partial charge >= 0.3 is 0 Å². The highest BCUT2D eigenvalue weighted by molar-refractivity contribution is 5.65. The lowest BCUT2D eigenvalue weighted by Gasteiger charge is -2.01. The van der Waals surface area contributed by atoms with Gasteiger partial charge in [0.1, 0.15) is 0 Å². The molecular weight excluding hydrogens is 176 g/mol. The molecule has 0 saturated heterocycles. The summed E-state index contributed by atoms with van der Waals surface area (Å²) in [5.74, 6) is 0. The van der Waals surface area contributed by atoms with Crippen LogP contribution in [0.3, 0.4) is 0 Å². The SMILES string of the molecule is N#CCc1cnccc1-c1ccoc1. The second-order valence-corrected chi connectivity index (χ2v) is 2.88. The van der Waals surface area contributed by atoms with E-state index in [1.165, 1.54) is 0 Å². The first-order valence-electron chi connectivity index (χ1n) is 4.24.